The van der Waals surface area contributed by atoms with Gasteiger partial charge in [-0.1, -0.05) is 0 Å². The minimum Gasteiger partial charge on any atom is -0.474 e. The van der Waals surface area contributed by atoms with Crippen LogP contribution in [0.4, 0.5) is 4.79 Å². The van der Waals surface area contributed by atoms with Crippen molar-refractivity contribution in [2.45, 2.75) is 89.7 Å². The number of carbonyl (C=O) groups excluding carboxylic acids is 1. The Labute approximate surface area is 201 Å². The van der Waals surface area contributed by atoms with Crippen LogP contribution in [0.15, 0.2) is 6.07 Å². The lowest BCUT2D eigenvalue weighted by Gasteiger charge is -2.38. The smallest absolute Gasteiger partial charge is 0.410 e. The third-order valence-electron chi connectivity index (χ3n) is 6.11. The lowest BCUT2D eigenvalue weighted by molar-refractivity contribution is -0.00383. The zero-order chi connectivity index (χ0) is 24.9. The van der Waals surface area contributed by atoms with Crippen molar-refractivity contribution in [3.05, 3.63) is 11.9 Å². The van der Waals surface area contributed by atoms with Gasteiger partial charge >= 0.3 is 6.09 Å². The SMILES string of the molecule is C[C@H](Oc1cc(O[C@H]2CCN(C(=O)OC(C)(C)C)[C@H](CC#N)C2)nc(C#N)n1)[C@@H]1CCCN1C. The van der Waals surface area contributed by atoms with Gasteiger partial charge in [0.1, 0.15) is 23.9 Å². The van der Waals surface area contributed by atoms with Crippen LogP contribution in [0.2, 0.25) is 0 Å². The van der Waals surface area contributed by atoms with Crippen LogP contribution in [-0.4, -0.2) is 75.9 Å². The predicted octanol–water partition coefficient (Wildman–Crippen LogP) is 3.27. The maximum Gasteiger partial charge on any atom is 0.410 e. The molecule has 184 valence electrons. The Kier molecular flexibility index (Phi) is 8.16. The summed E-state index contributed by atoms with van der Waals surface area (Å²) in [5.74, 6) is 0.522. The zero-order valence-electron chi connectivity index (χ0n) is 20.7. The summed E-state index contributed by atoms with van der Waals surface area (Å²) in [7, 11) is 2.08. The van der Waals surface area contributed by atoms with Gasteiger partial charge < -0.3 is 19.1 Å². The largest absolute Gasteiger partial charge is 0.474 e. The number of hydrogen-bond donors (Lipinski definition) is 0. The summed E-state index contributed by atoms with van der Waals surface area (Å²) < 4.78 is 17.7. The third-order valence-corrected chi connectivity index (χ3v) is 6.11. The lowest BCUT2D eigenvalue weighted by Crippen LogP contribution is -2.50. The van der Waals surface area contributed by atoms with Gasteiger partial charge in [-0.3, -0.25) is 4.90 Å². The molecule has 2 aliphatic rings. The van der Waals surface area contributed by atoms with Crippen LogP contribution in [0.5, 0.6) is 11.8 Å². The van der Waals surface area contributed by atoms with E-state index in [1.807, 2.05) is 33.8 Å². The molecule has 34 heavy (non-hydrogen) atoms. The van der Waals surface area contributed by atoms with Gasteiger partial charge in [0.05, 0.1) is 24.6 Å². The second kappa shape index (κ2) is 10.9. The molecule has 0 N–H and O–H groups in total. The summed E-state index contributed by atoms with van der Waals surface area (Å²) in [6.45, 7) is 8.87. The lowest BCUT2D eigenvalue weighted by atomic mass is 9.97. The fraction of sp³-hybridized carbons (Fsp3) is 0.708. The molecule has 0 unspecified atom stereocenters. The van der Waals surface area contributed by atoms with E-state index in [9.17, 15) is 15.3 Å². The van der Waals surface area contributed by atoms with E-state index in [2.05, 4.69) is 28.0 Å². The topological polar surface area (TPSA) is 125 Å². The Balaban J connectivity index is 1.68. The minimum absolute atomic E-state index is 0.0285. The molecule has 1 amide bonds. The van der Waals surface area contributed by atoms with Crippen LogP contribution in [-0.2, 0) is 4.74 Å². The van der Waals surface area contributed by atoms with Gasteiger partial charge in [-0.25, -0.2) is 4.79 Å². The van der Waals surface area contributed by atoms with Crippen LogP contribution in [0.25, 0.3) is 0 Å². The van der Waals surface area contributed by atoms with Gasteiger partial charge in [-0.15, -0.1) is 0 Å². The maximum atomic E-state index is 12.6. The first-order valence-corrected chi connectivity index (χ1v) is 11.8. The molecule has 0 aromatic carbocycles. The number of piperidine rings is 1. The zero-order valence-corrected chi connectivity index (χ0v) is 20.7. The van der Waals surface area contributed by atoms with Crippen LogP contribution in [0.3, 0.4) is 0 Å². The molecule has 2 fully saturated rings. The molecule has 10 heteroatoms. The van der Waals surface area contributed by atoms with Crippen LogP contribution in [0.1, 0.15) is 65.6 Å². The fourth-order valence-corrected chi connectivity index (χ4v) is 4.52. The van der Waals surface area contributed by atoms with Crippen molar-refractivity contribution < 1.29 is 19.0 Å². The van der Waals surface area contributed by atoms with Crippen LogP contribution >= 0.6 is 0 Å². The molecular weight excluding hydrogens is 436 g/mol. The predicted molar refractivity (Wildman–Crippen MR) is 123 cm³/mol. The van der Waals surface area contributed by atoms with Gasteiger partial charge in [-0.2, -0.15) is 20.5 Å². The Hall–Kier alpha value is -3.11. The summed E-state index contributed by atoms with van der Waals surface area (Å²) in [6.07, 6.45) is 2.55. The number of likely N-dealkylation sites (tertiary alicyclic amines) is 2. The number of nitriles is 2. The maximum absolute atomic E-state index is 12.6. The Morgan fingerprint density at radius 2 is 1.97 bits per heavy atom. The number of nitrogens with zero attached hydrogens (tertiary/aromatic N) is 6. The summed E-state index contributed by atoms with van der Waals surface area (Å²) in [5, 5.41) is 18.7. The molecule has 0 aliphatic carbocycles. The van der Waals surface area contributed by atoms with Gasteiger partial charge in [0.2, 0.25) is 17.6 Å². The summed E-state index contributed by atoms with van der Waals surface area (Å²) in [4.78, 5) is 24.8. The standard InChI is InChI=1S/C24H34N6O4/c1-16(19-7-6-11-29(19)5)32-21-14-22(28-20(15-26)27-21)33-18-9-12-30(17(13-18)8-10-25)23(31)34-24(2,3)4/h14,16-19H,6-9,11-13H2,1-5H3/t16-,17+,18-,19-/m0/s1. The van der Waals surface area contributed by atoms with Gasteiger partial charge in [0.15, 0.2) is 0 Å². The van der Waals surface area contributed by atoms with Crippen molar-refractivity contribution in [1.82, 2.24) is 19.8 Å². The number of aromatic nitrogens is 2. The highest BCUT2D eigenvalue weighted by Gasteiger charge is 2.35. The van der Waals surface area contributed by atoms with Gasteiger partial charge in [0.25, 0.3) is 0 Å². The molecule has 0 saturated carbocycles. The summed E-state index contributed by atoms with van der Waals surface area (Å²) in [6, 6.07) is 5.68. The molecule has 2 aliphatic heterocycles. The second-order valence-corrected chi connectivity index (χ2v) is 9.95. The number of hydrogen-bond acceptors (Lipinski definition) is 9. The average molecular weight is 471 g/mol. The number of likely N-dealkylation sites (N-methyl/N-ethyl adjacent to an activating group) is 1. The van der Waals surface area contributed by atoms with E-state index in [1.165, 1.54) is 0 Å². The van der Waals surface area contributed by atoms with E-state index >= 15 is 0 Å². The van der Waals surface area contributed by atoms with Crippen molar-refractivity contribution in [3.63, 3.8) is 0 Å². The average Bonchev–Trinajstić information content (AvgIpc) is 3.18. The molecule has 3 rings (SSSR count). The normalized spacial score (nSPS) is 24.1. The molecule has 2 saturated heterocycles. The van der Waals surface area contributed by atoms with E-state index in [0.29, 0.717) is 25.3 Å². The first-order chi connectivity index (χ1) is 16.1. The molecule has 0 bridgehead atoms. The molecule has 1 aromatic heterocycles. The highest BCUT2D eigenvalue weighted by Crippen LogP contribution is 2.28. The summed E-state index contributed by atoms with van der Waals surface area (Å²) >= 11 is 0. The molecule has 10 nitrogen and oxygen atoms in total. The first kappa shape index (κ1) is 25.5. The molecule has 0 radical (unpaired) electrons. The van der Waals surface area contributed by atoms with Crippen molar-refractivity contribution in [1.29, 1.82) is 10.5 Å². The third kappa shape index (κ3) is 6.71. The quantitative estimate of drug-likeness (QED) is 0.616. The minimum atomic E-state index is -0.614. The highest BCUT2D eigenvalue weighted by molar-refractivity contribution is 5.68. The first-order valence-electron chi connectivity index (χ1n) is 11.8. The fourth-order valence-electron chi connectivity index (χ4n) is 4.52. The number of rotatable bonds is 6. The van der Waals surface area contributed by atoms with Crippen molar-refractivity contribution in [3.8, 4) is 23.9 Å². The molecular formula is C24H34N6O4. The molecule has 0 spiro atoms. The van der Waals surface area contributed by atoms with Gasteiger partial charge in [-0.05, 0) is 54.1 Å². The molecule has 1 aromatic rings. The Bertz CT molecular complexity index is 950. The number of carbonyl (C=O) groups is 1. The molecule has 3 heterocycles. The van der Waals surface area contributed by atoms with Crippen molar-refractivity contribution >= 4 is 6.09 Å². The van der Waals surface area contributed by atoms with E-state index in [0.717, 1.165) is 19.4 Å². The summed E-state index contributed by atoms with van der Waals surface area (Å²) in [5.41, 5.74) is -0.614. The number of ether oxygens (including phenoxy) is 3. The second-order valence-electron chi connectivity index (χ2n) is 9.95. The highest BCUT2D eigenvalue weighted by atomic mass is 16.6. The van der Waals surface area contributed by atoms with E-state index in [-0.39, 0.29) is 42.4 Å². The Morgan fingerprint density at radius 3 is 2.59 bits per heavy atom. The van der Waals surface area contributed by atoms with E-state index in [4.69, 9.17) is 14.2 Å². The monoisotopic (exact) mass is 470 g/mol. The molecule has 4 atom stereocenters. The van der Waals surface area contributed by atoms with Gasteiger partial charge in [0, 0.05) is 25.4 Å². The van der Waals surface area contributed by atoms with Crippen molar-refractivity contribution in [2.24, 2.45) is 0 Å². The van der Waals surface area contributed by atoms with Crippen molar-refractivity contribution in [2.75, 3.05) is 20.1 Å². The number of amides is 1. The van der Waals surface area contributed by atoms with Crippen LogP contribution < -0.4 is 9.47 Å². The van der Waals surface area contributed by atoms with E-state index in [1.54, 1.807) is 11.0 Å². The van der Waals surface area contributed by atoms with E-state index < -0.39 is 11.7 Å². The van der Waals surface area contributed by atoms with Crippen LogP contribution in [0, 0.1) is 22.7 Å². The Morgan fingerprint density at radius 1 is 1.24 bits per heavy atom.